The van der Waals surface area contributed by atoms with Crippen LogP contribution >= 0.6 is 0 Å². The summed E-state index contributed by atoms with van der Waals surface area (Å²) < 4.78 is 43.2. The smallest absolute Gasteiger partial charge is 1.00 e. The van der Waals surface area contributed by atoms with E-state index in [0.717, 1.165) is 38.2 Å². The number of nitrogen functional groups attached to an aromatic ring is 1. The minimum atomic E-state index is -4.82. The van der Waals surface area contributed by atoms with Crippen LogP contribution in [0.2, 0.25) is 0 Å². The third-order valence-corrected chi connectivity index (χ3v) is 4.77. The molecule has 0 aliphatic carbocycles. The van der Waals surface area contributed by atoms with Gasteiger partial charge in [0.25, 0.3) is 0 Å². The molecule has 6 nitrogen and oxygen atoms in total. The molecule has 25 heavy (non-hydrogen) atoms. The lowest BCUT2D eigenvalue weighted by atomic mass is 9.82. The number of anilines is 1. The highest BCUT2D eigenvalue weighted by atomic mass is 35.5. The number of nitrogens with one attached hydrogen (secondary N) is 1. The number of hydrogen-bond acceptors (Lipinski definition) is 5. The van der Waals surface area contributed by atoms with Crippen molar-refractivity contribution in [2.75, 3.05) is 18.8 Å². The quantitative estimate of drug-likeness (QED) is 0.717. The van der Waals surface area contributed by atoms with Gasteiger partial charge in [-0.2, -0.15) is 5.10 Å². The third-order valence-electron chi connectivity index (χ3n) is 4.77. The van der Waals surface area contributed by atoms with Crippen LogP contribution in [-0.2, 0) is 12.0 Å². The molecule has 0 radical (unpaired) electrons. The van der Waals surface area contributed by atoms with Gasteiger partial charge >= 0.3 is 7.79 Å². The first-order valence-electron chi connectivity index (χ1n) is 7.67. The minimum Gasteiger partial charge on any atom is -1.00 e. The van der Waals surface area contributed by atoms with Gasteiger partial charge in [-0.25, -0.2) is 4.98 Å². The van der Waals surface area contributed by atoms with E-state index in [1.54, 1.807) is 0 Å². The number of fused-ring (bicyclic) bond motifs is 2. The third kappa shape index (κ3) is 3.13. The van der Waals surface area contributed by atoms with Crippen LogP contribution < -0.4 is 28.2 Å². The molecule has 4 rings (SSSR count). The van der Waals surface area contributed by atoms with Gasteiger partial charge in [0, 0.05) is 36.0 Å². The van der Waals surface area contributed by atoms with Crippen LogP contribution in [0.1, 0.15) is 20.0 Å². The maximum atomic E-state index is 12.5. The van der Waals surface area contributed by atoms with Gasteiger partial charge in [0.2, 0.25) is 0 Å². The number of ether oxygens (including phenoxy) is 1. The van der Waals surface area contributed by atoms with E-state index in [2.05, 4.69) is 20.1 Å². The summed E-state index contributed by atoms with van der Waals surface area (Å²) in [6.45, 7) is 2.68. The van der Waals surface area contributed by atoms with Crippen LogP contribution in [0.15, 0.2) is 18.3 Å². The van der Waals surface area contributed by atoms with Gasteiger partial charge in [-0.3, -0.25) is 4.68 Å². The van der Waals surface area contributed by atoms with Crippen LogP contribution in [-0.4, -0.2) is 34.2 Å². The summed E-state index contributed by atoms with van der Waals surface area (Å²) in [7, 11) is 0. The first-order chi connectivity index (χ1) is 11.4. The predicted molar refractivity (Wildman–Crippen MR) is 81.4 cm³/mol. The Balaban J connectivity index is 0.00000121. The molecule has 2 aliphatic heterocycles. The zero-order chi connectivity index (χ0) is 16.9. The second kappa shape index (κ2) is 6.06. The lowest BCUT2D eigenvalue weighted by Crippen LogP contribution is -3.00. The normalized spacial score (nSPS) is 22.0. The van der Waals surface area contributed by atoms with Crippen molar-refractivity contribution in [1.82, 2.24) is 20.1 Å². The fraction of sp³-hybridized carbons (Fsp3) is 0.467. The fourth-order valence-corrected chi connectivity index (χ4v) is 3.58. The number of rotatable bonds is 2. The maximum absolute atomic E-state index is 12.5. The molecular weight excluding hydrogens is 359 g/mol. The molecule has 0 aromatic carbocycles. The SMILES string of the molecule is Nc1ncc(-c2cc3n(n2)CC[C@@]32CCNC2)cc1OC(F)(F)F.[Cl-].[H+]. The number of nitrogens with two attached hydrogens (primary N) is 1. The molecule has 0 amide bonds. The number of hydrogen-bond donors (Lipinski definition) is 2. The van der Waals surface area contributed by atoms with Crippen LogP contribution in [0.5, 0.6) is 5.75 Å². The molecule has 2 aromatic heterocycles. The van der Waals surface area contributed by atoms with Crippen molar-refractivity contribution >= 4 is 5.82 Å². The standard InChI is InChI=1S/C15H16F3N5O.ClH/c16-15(17,18)24-11-5-9(7-21-13(11)19)10-6-12-14(1-3-20-8-14)2-4-23(12)22-10;/h5-7,20H,1-4,8H2,(H2,19,21);1H/t14-;/m1./s1. The molecule has 1 spiro atoms. The molecule has 1 fully saturated rings. The second-order valence-electron chi connectivity index (χ2n) is 6.25. The van der Waals surface area contributed by atoms with Gasteiger partial charge in [0.15, 0.2) is 11.6 Å². The molecule has 4 heterocycles. The van der Waals surface area contributed by atoms with Gasteiger partial charge in [-0.15, -0.1) is 13.2 Å². The molecule has 2 aliphatic rings. The molecule has 0 unspecified atom stereocenters. The Bertz CT molecular complexity index is 792. The van der Waals surface area contributed by atoms with Gasteiger partial charge in [-0.1, -0.05) is 0 Å². The molecule has 0 bridgehead atoms. The van der Waals surface area contributed by atoms with Gasteiger partial charge in [-0.05, 0) is 31.5 Å². The number of aryl methyl sites for hydroxylation is 1. The molecule has 1 saturated heterocycles. The number of nitrogens with zero attached hydrogens (tertiary/aromatic N) is 3. The zero-order valence-electron chi connectivity index (χ0n) is 14.1. The van der Waals surface area contributed by atoms with E-state index in [9.17, 15) is 13.2 Å². The molecule has 0 saturated carbocycles. The summed E-state index contributed by atoms with van der Waals surface area (Å²) >= 11 is 0. The van der Waals surface area contributed by atoms with E-state index < -0.39 is 12.1 Å². The summed E-state index contributed by atoms with van der Waals surface area (Å²) in [5.41, 5.74) is 7.71. The Hall–Kier alpha value is -2.00. The number of pyridine rings is 1. The topological polar surface area (TPSA) is 78.0 Å². The van der Waals surface area contributed by atoms with E-state index in [4.69, 9.17) is 5.73 Å². The van der Waals surface area contributed by atoms with Crippen LogP contribution in [0.25, 0.3) is 11.3 Å². The van der Waals surface area contributed by atoms with Gasteiger partial charge in [0.05, 0.1) is 5.69 Å². The van der Waals surface area contributed by atoms with E-state index >= 15 is 0 Å². The Labute approximate surface area is 149 Å². The van der Waals surface area contributed by atoms with Crippen molar-refractivity contribution in [3.8, 4) is 17.0 Å². The lowest BCUT2D eigenvalue weighted by molar-refractivity contribution is -0.274. The van der Waals surface area contributed by atoms with Gasteiger partial charge < -0.3 is 28.2 Å². The van der Waals surface area contributed by atoms with Crippen LogP contribution in [0.4, 0.5) is 19.0 Å². The first-order valence-corrected chi connectivity index (χ1v) is 7.67. The largest absolute Gasteiger partial charge is 1.00 e. The van der Waals surface area contributed by atoms with Crippen molar-refractivity contribution in [1.29, 1.82) is 0 Å². The van der Waals surface area contributed by atoms with E-state index in [1.807, 2.05) is 10.7 Å². The molecule has 1 atom stereocenters. The van der Waals surface area contributed by atoms with E-state index in [0.29, 0.717) is 11.3 Å². The summed E-state index contributed by atoms with van der Waals surface area (Å²) in [5, 5.41) is 7.89. The number of alkyl halides is 3. The highest BCUT2D eigenvalue weighted by molar-refractivity contribution is 5.64. The summed E-state index contributed by atoms with van der Waals surface area (Å²) in [6.07, 6.45) is -1.33. The Kier molecular flexibility index (Phi) is 4.32. The van der Waals surface area contributed by atoms with E-state index in [-0.39, 0.29) is 25.1 Å². The van der Waals surface area contributed by atoms with Crippen molar-refractivity contribution in [2.24, 2.45) is 0 Å². The second-order valence-corrected chi connectivity index (χ2v) is 6.25. The summed E-state index contributed by atoms with van der Waals surface area (Å²) in [6, 6.07) is 3.16. The van der Waals surface area contributed by atoms with Crippen molar-refractivity contribution < 1.29 is 31.7 Å². The number of halogens is 4. The average molecular weight is 376 g/mol. The summed E-state index contributed by atoms with van der Waals surface area (Å²) in [4.78, 5) is 3.80. The molecule has 2 aromatic rings. The molecule has 3 N–H and O–H groups in total. The Morgan fingerprint density at radius 1 is 1.32 bits per heavy atom. The Morgan fingerprint density at radius 3 is 2.80 bits per heavy atom. The lowest BCUT2D eigenvalue weighted by Gasteiger charge is -2.20. The zero-order valence-corrected chi connectivity index (χ0v) is 13.9. The minimum absolute atomic E-state index is 0. The molecule has 136 valence electrons. The molecular formula is C15H17ClF3N5O. The van der Waals surface area contributed by atoms with Crippen molar-refractivity contribution in [2.45, 2.75) is 31.2 Å². The summed E-state index contributed by atoms with van der Waals surface area (Å²) in [5.74, 6) is -0.815. The number of aromatic nitrogens is 3. The monoisotopic (exact) mass is 375 g/mol. The predicted octanol–water partition coefficient (Wildman–Crippen LogP) is -0.823. The highest BCUT2D eigenvalue weighted by Crippen LogP contribution is 2.41. The average Bonchev–Trinajstić information content (AvgIpc) is 3.19. The molecule has 10 heteroatoms. The fourth-order valence-electron chi connectivity index (χ4n) is 3.58. The van der Waals surface area contributed by atoms with Crippen molar-refractivity contribution in [3.05, 3.63) is 24.0 Å². The highest BCUT2D eigenvalue weighted by Gasteiger charge is 2.42. The maximum Gasteiger partial charge on any atom is 1.00 e. The van der Waals surface area contributed by atoms with Crippen LogP contribution in [0.3, 0.4) is 0 Å². The van der Waals surface area contributed by atoms with Crippen LogP contribution in [0, 0.1) is 0 Å². The van der Waals surface area contributed by atoms with E-state index in [1.165, 1.54) is 12.3 Å². The van der Waals surface area contributed by atoms with Crippen molar-refractivity contribution in [3.63, 3.8) is 0 Å². The van der Waals surface area contributed by atoms with Gasteiger partial charge in [0.1, 0.15) is 0 Å². The Morgan fingerprint density at radius 2 is 2.12 bits per heavy atom. The first kappa shape index (κ1) is 17.8.